The van der Waals surface area contributed by atoms with Crippen LogP contribution in [0.25, 0.3) is 0 Å². The molecule has 1 heterocycles. The first-order valence-corrected chi connectivity index (χ1v) is 7.40. The number of nitrogens with two attached hydrogens (primary N) is 1. The summed E-state index contributed by atoms with van der Waals surface area (Å²) in [7, 11) is 0. The topological polar surface area (TPSA) is 72.9 Å². The van der Waals surface area contributed by atoms with Gasteiger partial charge in [-0.25, -0.2) is 0 Å². The number of carbonyl (C=O) groups excluding carboxylic acids is 1. The molecule has 1 aromatic rings. The summed E-state index contributed by atoms with van der Waals surface area (Å²) in [5, 5.41) is 7.46. The van der Waals surface area contributed by atoms with E-state index < -0.39 is 0 Å². The van der Waals surface area contributed by atoms with Gasteiger partial charge in [-0.1, -0.05) is 0 Å². The fraction of sp³-hybridized carbons (Fsp3) is 0.733. The molecule has 3 N–H and O–H groups in total. The van der Waals surface area contributed by atoms with Crippen LogP contribution in [-0.4, -0.2) is 27.8 Å². The van der Waals surface area contributed by atoms with E-state index in [0.29, 0.717) is 11.6 Å². The molecule has 21 heavy (non-hydrogen) atoms. The molecule has 0 spiro atoms. The zero-order chi connectivity index (χ0) is 14.9. The lowest BCUT2D eigenvalue weighted by atomic mass is 9.91. The number of carbonyl (C=O) groups is 1. The van der Waals surface area contributed by atoms with Crippen LogP contribution in [0.15, 0.2) is 6.20 Å². The van der Waals surface area contributed by atoms with Crippen LogP contribution in [0, 0.1) is 6.92 Å². The van der Waals surface area contributed by atoms with Crippen molar-refractivity contribution in [2.75, 3.05) is 0 Å². The molecular formula is C15H27ClN4O. The molecule has 5 nitrogen and oxygen atoms in total. The molecule has 120 valence electrons. The number of hydrogen-bond donors (Lipinski definition) is 2. The molecule has 0 saturated heterocycles. The molecule has 1 saturated carbocycles. The summed E-state index contributed by atoms with van der Waals surface area (Å²) < 4.78 is 1.90. The van der Waals surface area contributed by atoms with Gasteiger partial charge < -0.3 is 11.1 Å². The Morgan fingerprint density at radius 1 is 1.33 bits per heavy atom. The minimum Gasteiger partial charge on any atom is -0.349 e. The molecule has 1 fully saturated rings. The summed E-state index contributed by atoms with van der Waals surface area (Å²) in [6.07, 6.45) is 5.60. The van der Waals surface area contributed by atoms with Crippen molar-refractivity contribution >= 4 is 18.3 Å². The van der Waals surface area contributed by atoms with Gasteiger partial charge in [0, 0.05) is 17.8 Å². The van der Waals surface area contributed by atoms with Gasteiger partial charge in [-0.05, 0) is 53.4 Å². The second kappa shape index (κ2) is 6.79. The number of nitrogens with zero attached hydrogens (tertiary/aromatic N) is 2. The molecule has 0 unspecified atom stereocenters. The first-order valence-electron chi connectivity index (χ1n) is 7.40. The summed E-state index contributed by atoms with van der Waals surface area (Å²) in [6.45, 7) is 8.19. The normalized spacial score (nSPS) is 22.5. The standard InChI is InChI=1S/C15H26N4O.ClH/c1-10-13(9-17-19(10)15(2,3)4)14(20)18-12-7-5-11(16)6-8-12;/h9,11-12H,5-8,16H2,1-4H3,(H,18,20);1H. The van der Waals surface area contributed by atoms with Crippen molar-refractivity contribution in [3.8, 4) is 0 Å². The second-order valence-electron chi connectivity index (χ2n) is 6.81. The van der Waals surface area contributed by atoms with Gasteiger partial charge in [0.05, 0.1) is 17.3 Å². The summed E-state index contributed by atoms with van der Waals surface area (Å²) in [5.74, 6) is -0.0153. The van der Waals surface area contributed by atoms with Crippen LogP contribution in [0.5, 0.6) is 0 Å². The average molecular weight is 315 g/mol. The van der Waals surface area contributed by atoms with E-state index in [1.54, 1.807) is 6.20 Å². The fourth-order valence-electron chi connectivity index (χ4n) is 2.84. The first-order chi connectivity index (χ1) is 9.29. The number of aromatic nitrogens is 2. The minimum absolute atomic E-state index is 0. The summed E-state index contributed by atoms with van der Waals surface area (Å²) >= 11 is 0. The number of nitrogens with one attached hydrogen (secondary N) is 1. The highest BCUT2D eigenvalue weighted by molar-refractivity contribution is 5.95. The maximum absolute atomic E-state index is 12.4. The first kappa shape index (κ1) is 18.0. The summed E-state index contributed by atoms with van der Waals surface area (Å²) in [6, 6.07) is 0.549. The summed E-state index contributed by atoms with van der Waals surface area (Å²) in [4.78, 5) is 12.4. The maximum atomic E-state index is 12.4. The van der Waals surface area contributed by atoms with E-state index in [1.165, 1.54) is 0 Å². The van der Waals surface area contributed by atoms with Crippen LogP contribution in [0.4, 0.5) is 0 Å². The van der Waals surface area contributed by atoms with Crippen LogP contribution in [0.2, 0.25) is 0 Å². The molecule has 1 aromatic heterocycles. The van der Waals surface area contributed by atoms with E-state index in [2.05, 4.69) is 31.2 Å². The highest BCUT2D eigenvalue weighted by Crippen LogP contribution is 2.20. The Morgan fingerprint density at radius 3 is 2.38 bits per heavy atom. The number of rotatable bonds is 2. The monoisotopic (exact) mass is 314 g/mol. The Kier molecular flexibility index (Phi) is 5.82. The number of hydrogen-bond acceptors (Lipinski definition) is 3. The van der Waals surface area contributed by atoms with Crippen molar-refractivity contribution in [2.45, 2.75) is 71.0 Å². The van der Waals surface area contributed by atoms with Gasteiger partial charge in [0.15, 0.2) is 0 Å². The average Bonchev–Trinajstić information content (AvgIpc) is 2.74. The van der Waals surface area contributed by atoms with Crippen molar-refractivity contribution in [3.63, 3.8) is 0 Å². The van der Waals surface area contributed by atoms with E-state index >= 15 is 0 Å². The van der Waals surface area contributed by atoms with Crippen molar-refractivity contribution in [3.05, 3.63) is 17.5 Å². The molecular weight excluding hydrogens is 288 g/mol. The Labute approximate surface area is 133 Å². The molecule has 1 aliphatic rings. The van der Waals surface area contributed by atoms with Crippen molar-refractivity contribution < 1.29 is 4.79 Å². The van der Waals surface area contributed by atoms with Crippen molar-refractivity contribution in [1.82, 2.24) is 15.1 Å². The zero-order valence-electron chi connectivity index (χ0n) is 13.3. The largest absolute Gasteiger partial charge is 0.349 e. The number of amides is 1. The van der Waals surface area contributed by atoms with E-state index in [-0.39, 0.29) is 29.9 Å². The van der Waals surface area contributed by atoms with Gasteiger partial charge in [0.25, 0.3) is 5.91 Å². The molecule has 1 amide bonds. The Hall–Kier alpha value is -1.07. The molecule has 2 rings (SSSR count). The van der Waals surface area contributed by atoms with E-state index in [4.69, 9.17) is 5.73 Å². The fourth-order valence-corrected chi connectivity index (χ4v) is 2.84. The molecule has 0 aromatic carbocycles. The SMILES string of the molecule is Cc1c(C(=O)NC2CCC(N)CC2)cnn1C(C)(C)C.Cl. The Morgan fingerprint density at radius 2 is 1.90 bits per heavy atom. The third-order valence-corrected chi connectivity index (χ3v) is 4.00. The van der Waals surface area contributed by atoms with Crippen molar-refractivity contribution in [2.24, 2.45) is 5.73 Å². The molecule has 0 atom stereocenters. The molecule has 0 aliphatic heterocycles. The van der Waals surface area contributed by atoms with Crippen molar-refractivity contribution in [1.29, 1.82) is 0 Å². The van der Waals surface area contributed by atoms with Crippen LogP contribution >= 0.6 is 12.4 Å². The van der Waals surface area contributed by atoms with E-state index in [1.807, 2.05) is 11.6 Å². The van der Waals surface area contributed by atoms with Gasteiger partial charge in [-0.15, -0.1) is 12.4 Å². The zero-order valence-corrected chi connectivity index (χ0v) is 14.2. The second-order valence-corrected chi connectivity index (χ2v) is 6.81. The third-order valence-electron chi connectivity index (χ3n) is 4.00. The van der Waals surface area contributed by atoms with E-state index in [9.17, 15) is 4.79 Å². The lowest BCUT2D eigenvalue weighted by Crippen LogP contribution is -2.40. The molecule has 0 radical (unpaired) electrons. The Bertz CT molecular complexity index is 484. The lowest BCUT2D eigenvalue weighted by Gasteiger charge is -2.27. The number of halogens is 1. The maximum Gasteiger partial charge on any atom is 0.254 e. The predicted octanol–water partition coefficient (Wildman–Crippen LogP) is 2.37. The summed E-state index contributed by atoms with van der Waals surface area (Å²) in [5.41, 5.74) is 7.37. The van der Waals surface area contributed by atoms with E-state index in [0.717, 1.165) is 31.4 Å². The lowest BCUT2D eigenvalue weighted by molar-refractivity contribution is 0.0925. The smallest absolute Gasteiger partial charge is 0.254 e. The van der Waals surface area contributed by atoms with Gasteiger partial charge in [0.2, 0.25) is 0 Å². The predicted molar refractivity (Wildman–Crippen MR) is 86.9 cm³/mol. The molecule has 6 heteroatoms. The highest BCUT2D eigenvalue weighted by Gasteiger charge is 2.24. The van der Waals surface area contributed by atoms with Crippen LogP contribution in [0.1, 0.15) is 62.5 Å². The molecule has 0 bridgehead atoms. The van der Waals surface area contributed by atoms with Crippen LogP contribution in [-0.2, 0) is 5.54 Å². The Balaban J connectivity index is 0.00000220. The van der Waals surface area contributed by atoms with Gasteiger partial charge in [-0.3, -0.25) is 9.48 Å². The van der Waals surface area contributed by atoms with Gasteiger partial charge in [-0.2, -0.15) is 5.10 Å². The van der Waals surface area contributed by atoms with Crippen LogP contribution in [0.3, 0.4) is 0 Å². The minimum atomic E-state index is -0.111. The van der Waals surface area contributed by atoms with Crippen LogP contribution < -0.4 is 11.1 Å². The molecule has 1 aliphatic carbocycles. The third kappa shape index (κ3) is 4.20. The van der Waals surface area contributed by atoms with Gasteiger partial charge >= 0.3 is 0 Å². The quantitative estimate of drug-likeness (QED) is 0.880. The highest BCUT2D eigenvalue weighted by atomic mass is 35.5. The van der Waals surface area contributed by atoms with Gasteiger partial charge in [0.1, 0.15) is 0 Å².